The lowest BCUT2D eigenvalue weighted by Gasteiger charge is -2.46. The number of benzene rings is 2. The van der Waals surface area contributed by atoms with Crippen LogP contribution in [0.5, 0.6) is 0 Å². The van der Waals surface area contributed by atoms with E-state index in [2.05, 4.69) is 4.90 Å². The first kappa shape index (κ1) is 39.0. The number of carbonyl (C=O) groups is 3. The standard InChI is InChI=1S/C41H50F2N4O7/c1-52-34-12-9-29(25-35(53-2)37(34)54-3)38(50)47-20-14-40(28-47,31-10-11-32(42)33(43)26-31)13-17-44-18-15-41(16-19-44,30-7-5-4-6-8-30)39(51)46-23-21-45(22-24-46)27-36(48)49/h4-11,25-26H,12-24,27-28H2,1-3H3,(H,48,49). The van der Waals surface area contributed by atoms with Crippen molar-refractivity contribution in [3.05, 3.63) is 106 Å². The number of methoxy groups -OCH3 is 3. The van der Waals surface area contributed by atoms with Crippen molar-refractivity contribution in [1.82, 2.24) is 19.6 Å². The van der Waals surface area contributed by atoms with E-state index in [-0.39, 0.29) is 18.4 Å². The number of allylic oxidation sites excluding steroid dienone is 1. The molecule has 6 rings (SSSR count). The number of hydrogen-bond acceptors (Lipinski definition) is 8. The molecule has 54 heavy (non-hydrogen) atoms. The second kappa shape index (κ2) is 16.7. The van der Waals surface area contributed by atoms with Crippen LogP contribution in [-0.4, -0.2) is 129 Å². The third-order valence-corrected chi connectivity index (χ3v) is 11.7. The van der Waals surface area contributed by atoms with Gasteiger partial charge >= 0.3 is 5.97 Å². The molecule has 4 aliphatic rings. The molecule has 11 nitrogen and oxygen atoms in total. The molecule has 0 spiro atoms. The summed E-state index contributed by atoms with van der Waals surface area (Å²) in [6.45, 7) is 4.66. The highest BCUT2D eigenvalue weighted by Crippen LogP contribution is 2.42. The molecule has 1 atom stereocenters. The van der Waals surface area contributed by atoms with E-state index >= 15 is 0 Å². The van der Waals surface area contributed by atoms with Gasteiger partial charge in [0.15, 0.2) is 23.2 Å². The number of piperazine rings is 1. The van der Waals surface area contributed by atoms with Gasteiger partial charge in [0.1, 0.15) is 5.76 Å². The molecular formula is C41H50F2N4O7. The van der Waals surface area contributed by atoms with Gasteiger partial charge in [0.25, 0.3) is 5.91 Å². The molecule has 2 aromatic carbocycles. The highest BCUT2D eigenvalue weighted by Gasteiger charge is 2.47. The summed E-state index contributed by atoms with van der Waals surface area (Å²) in [5, 5.41) is 9.23. The monoisotopic (exact) mass is 748 g/mol. The average molecular weight is 749 g/mol. The lowest BCUT2D eigenvalue weighted by atomic mass is 9.71. The number of piperidine rings is 1. The Labute approximate surface area is 315 Å². The topological polar surface area (TPSA) is 112 Å². The predicted octanol–water partition coefficient (Wildman–Crippen LogP) is 4.45. The first-order valence-electron chi connectivity index (χ1n) is 18.6. The van der Waals surface area contributed by atoms with Crippen molar-refractivity contribution in [3.8, 4) is 0 Å². The van der Waals surface area contributed by atoms with Crippen LogP contribution in [0, 0.1) is 11.6 Å². The van der Waals surface area contributed by atoms with Gasteiger partial charge in [0.05, 0.1) is 33.3 Å². The van der Waals surface area contributed by atoms with Gasteiger partial charge in [-0.15, -0.1) is 0 Å². The summed E-state index contributed by atoms with van der Waals surface area (Å²) in [5.41, 5.74) is 0.724. The Balaban J connectivity index is 1.18. The van der Waals surface area contributed by atoms with E-state index < -0.39 is 28.4 Å². The number of ether oxygens (including phenoxy) is 3. The number of nitrogens with zero attached hydrogens (tertiary/aromatic N) is 4. The van der Waals surface area contributed by atoms with Crippen molar-refractivity contribution < 1.29 is 42.5 Å². The maximum absolute atomic E-state index is 14.8. The maximum Gasteiger partial charge on any atom is 0.317 e. The molecule has 3 fully saturated rings. The number of rotatable bonds is 12. The zero-order valence-electron chi connectivity index (χ0n) is 31.3. The van der Waals surface area contributed by atoms with Crippen molar-refractivity contribution in [3.63, 3.8) is 0 Å². The normalized spacial score (nSPS) is 22.3. The van der Waals surface area contributed by atoms with Crippen LogP contribution in [0.2, 0.25) is 0 Å². The molecule has 1 N–H and O–H groups in total. The third-order valence-electron chi connectivity index (χ3n) is 11.7. The molecule has 1 aliphatic carbocycles. The number of hydrogen-bond donors (Lipinski definition) is 1. The van der Waals surface area contributed by atoms with Crippen molar-refractivity contribution >= 4 is 17.8 Å². The van der Waals surface area contributed by atoms with Crippen LogP contribution in [0.25, 0.3) is 0 Å². The molecule has 290 valence electrons. The highest BCUT2D eigenvalue weighted by atomic mass is 19.2. The molecule has 0 bridgehead atoms. The number of carboxylic acids is 1. The van der Waals surface area contributed by atoms with E-state index in [1.165, 1.54) is 27.4 Å². The number of amides is 2. The van der Waals surface area contributed by atoms with E-state index in [0.717, 1.165) is 11.6 Å². The summed E-state index contributed by atoms with van der Waals surface area (Å²) in [4.78, 5) is 47.5. The number of carbonyl (C=O) groups excluding carboxylic acids is 2. The number of likely N-dealkylation sites (tertiary alicyclic amines) is 2. The summed E-state index contributed by atoms with van der Waals surface area (Å²) in [7, 11) is 4.55. The van der Waals surface area contributed by atoms with Gasteiger partial charge < -0.3 is 34.0 Å². The summed E-state index contributed by atoms with van der Waals surface area (Å²) in [5.74, 6) is -1.52. The van der Waals surface area contributed by atoms with Gasteiger partial charge in [0.2, 0.25) is 5.91 Å². The molecule has 3 aliphatic heterocycles. The summed E-state index contributed by atoms with van der Waals surface area (Å²) < 4.78 is 45.6. The van der Waals surface area contributed by atoms with Crippen LogP contribution in [0.3, 0.4) is 0 Å². The van der Waals surface area contributed by atoms with E-state index in [1.807, 2.05) is 40.1 Å². The van der Waals surface area contributed by atoms with E-state index in [1.54, 1.807) is 23.1 Å². The SMILES string of the molecule is COC1=CC(C(=O)N2CCC(CCN3CCC(C(=O)N4CCN(CC(=O)O)CC4)(c4ccccc4)CC3)(c3ccc(F)c(F)c3)C2)=CCC(OC)=C1OC. The summed E-state index contributed by atoms with van der Waals surface area (Å²) in [6, 6.07) is 14.0. The fraction of sp³-hybridized carbons (Fsp3) is 0.488. The van der Waals surface area contributed by atoms with Gasteiger partial charge in [-0.3, -0.25) is 19.3 Å². The first-order chi connectivity index (χ1) is 26.0. The van der Waals surface area contributed by atoms with Gasteiger partial charge in [0, 0.05) is 56.7 Å². The molecule has 0 radical (unpaired) electrons. The zero-order valence-corrected chi connectivity index (χ0v) is 31.3. The second-order valence-corrected chi connectivity index (χ2v) is 14.6. The fourth-order valence-corrected chi connectivity index (χ4v) is 8.54. The number of halogens is 2. The van der Waals surface area contributed by atoms with Crippen LogP contribution in [0.15, 0.2) is 83.5 Å². The second-order valence-electron chi connectivity index (χ2n) is 14.6. The molecule has 1 unspecified atom stereocenters. The van der Waals surface area contributed by atoms with Crippen molar-refractivity contribution in [1.29, 1.82) is 0 Å². The molecule has 0 aromatic heterocycles. The largest absolute Gasteiger partial charge is 0.497 e. The smallest absolute Gasteiger partial charge is 0.317 e. The van der Waals surface area contributed by atoms with E-state index in [9.17, 15) is 28.3 Å². The minimum Gasteiger partial charge on any atom is -0.497 e. The molecule has 2 aromatic rings. The maximum atomic E-state index is 14.8. The molecule has 2 amide bonds. The predicted molar refractivity (Wildman–Crippen MR) is 197 cm³/mol. The lowest BCUT2D eigenvalue weighted by Crippen LogP contribution is -2.58. The minimum atomic E-state index is -0.922. The zero-order chi connectivity index (χ0) is 38.5. The van der Waals surface area contributed by atoms with Crippen LogP contribution < -0.4 is 0 Å². The third kappa shape index (κ3) is 8.02. The molecular weight excluding hydrogens is 698 g/mol. The van der Waals surface area contributed by atoms with Crippen molar-refractivity contribution in [2.45, 2.75) is 42.9 Å². The van der Waals surface area contributed by atoms with Gasteiger partial charge in [-0.25, -0.2) is 8.78 Å². The van der Waals surface area contributed by atoms with E-state index in [4.69, 9.17) is 14.2 Å². The Kier molecular flexibility index (Phi) is 12.1. The molecule has 3 heterocycles. The van der Waals surface area contributed by atoms with Crippen molar-refractivity contribution in [2.24, 2.45) is 0 Å². The molecule has 3 saturated heterocycles. The van der Waals surface area contributed by atoms with Crippen LogP contribution >= 0.6 is 0 Å². The number of carboxylic acid groups (broad SMARTS) is 1. The Morgan fingerprint density at radius 2 is 1.50 bits per heavy atom. The molecule has 13 heteroatoms. The van der Waals surface area contributed by atoms with Gasteiger partial charge in [-0.1, -0.05) is 42.5 Å². The Bertz CT molecular complexity index is 1800. The summed E-state index contributed by atoms with van der Waals surface area (Å²) in [6.07, 6.45) is 6.14. The van der Waals surface area contributed by atoms with Gasteiger partial charge in [-0.05, 0) is 74.7 Å². The van der Waals surface area contributed by atoms with Crippen LogP contribution in [0.4, 0.5) is 8.78 Å². The fourth-order valence-electron chi connectivity index (χ4n) is 8.54. The van der Waals surface area contributed by atoms with Crippen molar-refractivity contribution in [2.75, 3.05) is 86.8 Å². The molecule has 0 saturated carbocycles. The first-order valence-corrected chi connectivity index (χ1v) is 18.6. The summed E-state index contributed by atoms with van der Waals surface area (Å²) >= 11 is 0. The van der Waals surface area contributed by atoms with Crippen LogP contribution in [-0.2, 0) is 39.4 Å². The van der Waals surface area contributed by atoms with Crippen LogP contribution in [0.1, 0.15) is 43.2 Å². The lowest BCUT2D eigenvalue weighted by molar-refractivity contribution is -0.142. The Hall–Kier alpha value is -4.75. The minimum absolute atomic E-state index is 0.0373. The quantitative estimate of drug-likeness (QED) is 0.337. The van der Waals surface area contributed by atoms with Gasteiger partial charge in [-0.2, -0.15) is 0 Å². The Morgan fingerprint density at radius 3 is 2.13 bits per heavy atom. The number of aliphatic carboxylic acids is 1. The highest BCUT2D eigenvalue weighted by molar-refractivity contribution is 5.97. The Morgan fingerprint density at radius 1 is 0.778 bits per heavy atom. The average Bonchev–Trinajstić information content (AvgIpc) is 3.54. The van der Waals surface area contributed by atoms with E-state index in [0.29, 0.717) is 119 Å².